The van der Waals surface area contributed by atoms with Crippen molar-refractivity contribution in [3.63, 3.8) is 0 Å². The first kappa shape index (κ1) is 9.84. The van der Waals surface area contributed by atoms with Crippen LogP contribution in [0.15, 0.2) is 48.7 Å². The van der Waals surface area contributed by atoms with E-state index in [1.807, 2.05) is 36.4 Å². The number of nitrogens with zero attached hydrogens (tertiary/aromatic N) is 1. The molecule has 0 aliphatic carbocycles. The molecule has 0 saturated heterocycles. The summed E-state index contributed by atoms with van der Waals surface area (Å²) >= 11 is 0. The third kappa shape index (κ3) is 1.73. The number of amides is 1. The molecule has 17 heavy (non-hydrogen) atoms. The molecule has 0 bridgehead atoms. The molecule has 4 nitrogen and oxygen atoms in total. The van der Waals surface area contributed by atoms with E-state index in [4.69, 9.17) is 0 Å². The number of hydrogen-bond donors (Lipinski definition) is 2. The Labute approximate surface area is 98.7 Å². The van der Waals surface area contributed by atoms with Crippen molar-refractivity contribution < 1.29 is 4.79 Å². The summed E-state index contributed by atoms with van der Waals surface area (Å²) in [6.45, 7) is 0. The standard InChI is InChI=1S/C13H11N3O/c17-13-11(9-5-2-1-3-6-9)16-12-10(15-13)7-4-8-14-12/h1-8,11H,(H,14,16)(H,15,17)/t11-/m1/s1. The lowest BCUT2D eigenvalue weighted by molar-refractivity contribution is -0.117. The molecular formula is C13H11N3O. The predicted octanol–water partition coefficient (Wildman–Crippen LogP) is 2.19. The highest BCUT2D eigenvalue weighted by Crippen LogP contribution is 2.29. The number of pyridine rings is 1. The van der Waals surface area contributed by atoms with Crippen LogP contribution in [0.3, 0.4) is 0 Å². The highest BCUT2D eigenvalue weighted by molar-refractivity contribution is 6.02. The quantitative estimate of drug-likeness (QED) is 0.782. The zero-order valence-electron chi connectivity index (χ0n) is 9.05. The summed E-state index contributed by atoms with van der Waals surface area (Å²) in [7, 11) is 0. The molecule has 4 heteroatoms. The van der Waals surface area contributed by atoms with Crippen molar-refractivity contribution in [2.24, 2.45) is 0 Å². The number of rotatable bonds is 1. The van der Waals surface area contributed by atoms with Gasteiger partial charge in [-0.2, -0.15) is 0 Å². The maximum absolute atomic E-state index is 12.0. The Hall–Kier alpha value is -2.36. The van der Waals surface area contributed by atoms with Crippen molar-refractivity contribution in [2.75, 3.05) is 10.6 Å². The van der Waals surface area contributed by atoms with E-state index in [1.165, 1.54) is 0 Å². The molecule has 1 aromatic heterocycles. The summed E-state index contributed by atoms with van der Waals surface area (Å²) in [5, 5.41) is 5.98. The number of anilines is 2. The zero-order chi connectivity index (χ0) is 11.7. The number of aromatic nitrogens is 1. The maximum atomic E-state index is 12.0. The average Bonchev–Trinajstić information content (AvgIpc) is 2.39. The van der Waals surface area contributed by atoms with Gasteiger partial charge < -0.3 is 10.6 Å². The lowest BCUT2D eigenvalue weighted by Crippen LogP contribution is -2.32. The van der Waals surface area contributed by atoms with E-state index in [-0.39, 0.29) is 11.9 Å². The summed E-state index contributed by atoms with van der Waals surface area (Å²) < 4.78 is 0. The van der Waals surface area contributed by atoms with E-state index in [2.05, 4.69) is 15.6 Å². The molecule has 1 aromatic carbocycles. The number of carbonyl (C=O) groups is 1. The van der Waals surface area contributed by atoms with Crippen molar-refractivity contribution in [1.29, 1.82) is 0 Å². The van der Waals surface area contributed by atoms with Gasteiger partial charge in [-0.1, -0.05) is 30.3 Å². The Morgan fingerprint density at radius 2 is 1.88 bits per heavy atom. The van der Waals surface area contributed by atoms with E-state index in [0.29, 0.717) is 5.82 Å². The Morgan fingerprint density at radius 1 is 1.06 bits per heavy atom. The first-order valence-corrected chi connectivity index (χ1v) is 5.42. The van der Waals surface area contributed by atoms with Gasteiger partial charge in [-0.05, 0) is 17.7 Å². The first-order valence-electron chi connectivity index (χ1n) is 5.42. The number of fused-ring (bicyclic) bond motifs is 1. The van der Waals surface area contributed by atoms with Crippen LogP contribution in [0.2, 0.25) is 0 Å². The Kier molecular flexibility index (Phi) is 2.26. The monoisotopic (exact) mass is 225 g/mol. The van der Waals surface area contributed by atoms with Gasteiger partial charge in [0.1, 0.15) is 6.04 Å². The van der Waals surface area contributed by atoms with Crippen LogP contribution in [0, 0.1) is 0 Å². The van der Waals surface area contributed by atoms with Gasteiger partial charge in [-0.15, -0.1) is 0 Å². The van der Waals surface area contributed by atoms with Gasteiger partial charge in [0, 0.05) is 6.20 Å². The number of nitrogens with one attached hydrogen (secondary N) is 2. The highest BCUT2D eigenvalue weighted by atomic mass is 16.2. The Morgan fingerprint density at radius 3 is 2.71 bits per heavy atom. The molecule has 1 aliphatic rings. The second-order valence-electron chi connectivity index (χ2n) is 3.88. The van der Waals surface area contributed by atoms with Gasteiger partial charge in [0.15, 0.2) is 5.82 Å². The van der Waals surface area contributed by atoms with Gasteiger partial charge in [0.05, 0.1) is 5.69 Å². The van der Waals surface area contributed by atoms with Gasteiger partial charge >= 0.3 is 0 Å². The molecule has 1 amide bonds. The van der Waals surface area contributed by atoms with Crippen LogP contribution in [-0.2, 0) is 4.79 Å². The van der Waals surface area contributed by atoms with E-state index in [0.717, 1.165) is 11.3 Å². The molecule has 3 rings (SSSR count). The van der Waals surface area contributed by atoms with Crippen molar-refractivity contribution in [1.82, 2.24) is 4.98 Å². The van der Waals surface area contributed by atoms with Crippen LogP contribution in [0.25, 0.3) is 0 Å². The zero-order valence-corrected chi connectivity index (χ0v) is 9.05. The molecule has 0 saturated carbocycles. The third-order valence-corrected chi connectivity index (χ3v) is 2.74. The minimum Gasteiger partial charge on any atom is -0.353 e. The van der Waals surface area contributed by atoms with Gasteiger partial charge in [-0.25, -0.2) is 4.98 Å². The normalized spacial score (nSPS) is 17.9. The molecule has 1 atom stereocenters. The van der Waals surface area contributed by atoms with Crippen molar-refractivity contribution in [3.8, 4) is 0 Å². The molecule has 0 radical (unpaired) electrons. The smallest absolute Gasteiger partial charge is 0.251 e. The van der Waals surface area contributed by atoms with Gasteiger partial charge in [0.2, 0.25) is 0 Å². The molecule has 2 N–H and O–H groups in total. The fraction of sp³-hybridized carbons (Fsp3) is 0.0769. The molecule has 0 unspecified atom stereocenters. The third-order valence-electron chi connectivity index (χ3n) is 2.74. The molecule has 2 heterocycles. The van der Waals surface area contributed by atoms with E-state index in [1.54, 1.807) is 12.3 Å². The molecule has 0 spiro atoms. The van der Waals surface area contributed by atoms with Gasteiger partial charge in [-0.3, -0.25) is 4.79 Å². The molecular weight excluding hydrogens is 214 g/mol. The van der Waals surface area contributed by atoms with E-state index in [9.17, 15) is 4.79 Å². The lowest BCUT2D eigenvalue weighted by atomic mass is 10.0. The molecule has 1 aliphatic heterocycles. The van der Waals surface area contributed by atoms with Crippen LogP contribution in [0.1, 0.15) is 11.6 Å². The first-order chi connectivity index (χ1) is 8.34. The van der Waals surface area contributed by atoms with E-state index < -0.39 is 0 Å². The summed E-state index contributed by atoms with van der Waals surface area (Å²) in [6, 6.07) is 12.8. The highest BCUT2D eigenvalue weighted by Gasteiger charge is 2.26. The van der Waals surface area contributed by atoms with Crippen molar-refractivity contribution >= 4 is 17.4 Å². The lowest BCUT2D eigenvalue weighted by Gasteiger charge is -2.25. The summed E-state index contributed by atoms with van der Waals surface area (Å²) in [5.74, 6) is 0.651. The van der Waals surface area contributed by atoms with Crippen LogP contribution in [0.5, 0.6) is 0 Å². The second kappa shape index (κ2) is 3.90. The predicted molar refractivity (Wildman–Crippen MR) is 65.7 cm³/mol. The fourth-order valence-electron chi connectivity index (χ4n) is 1.91. The SMILES string of the molecule is O=C1Nc2cccnc2N[C@@H]1c1ccccc1. The van der Waals surface area contributed by atoms with E-state index >= 15 is 0 Å². The number of benzene rings is 1. The molecule has 2 aromatic rings. The topological polar surface area (TPSA) is 54.0 Å². The van der Waals surface area contributed by atoms with Crippen LogP contribution in [0.4, 0.5) is 11.5 Å². The Balaban J connectivity index is 1.98. The Bertz CT molecular complexity index is 554. The fourth-order valence-corrected chi connectivity index (χ4v) is 1.91. The van der Waals surface area contributed by atoms with Crippen molar-refractivity contribution in [3.05, 3.63) is 54.2 Å². The minimum absolute atomic E-state index is 0.0586. The van der Waals surface area contributed by atoms with Crippen LogP contribution >= 0.6 is 0 Å². The molecule has 0 fully saturated rings. The number of carbonyl (C=O) groups excluding carboxylic acids is 1. The van der Waals surface area contributed by atoms with Gasteiger partial charge in [0.25, 0.3) is 5.91 Å². The summed E-state index contributed by atoms with van der Waals surface area (Å²) in [6.07, 6.45) is 1.70. The summed E-state index contributed by atoms with van der Waals surface area (Å²) in [4.78, 5) is 16.2. The maximum Gasteiger partial charge on any atom is 0.251 e. The largest absolute Gasteiger partial charge is 0.353 e. The average molecular weight is 225 g/mol. The minimum atomic E-state index is -0.376. The van der Waals surface area contributed by atoms with Crippen molar-refractivity contribution in [2.45, 2.75) is 6.04 Å². The summed E-state index contributed by atoms with van der Waals surface area (Å²) in [5.41, 5.74) is 1.66. The number of hydrogen-bond acceptors (Lipinski definition) is 3. The van der Waals surface area contributed by atoms with Crippen LogP contribution in [-0.4, -0.2) is 10.9 Å². The molecule has 84 valence electrons. The van der Waals surface area contributed by atoms with Crippen LogP contribution < -0.4 is 10.6 Å². The second-order valence-corrected chi connectivity index (χ2v) is 3.88.